The van der Waals surface area contributed by atoms with Crippen LogP contribution in [0.5, 0.6) is 11.5 Å². The van der Waals surface area contributed by atoms with Crippen molar-refractivity contribution in [3.8, 4) is 11.5 Å². The van der Waals surface area contributed by atoms with Crippen LogP contribution in [0.3, 0.4) is 0 Å². The number of anilines is 1. The van der Waals surface area contributed by atoms with Crippen LogP contribution in [0.15, 0.2) is 78.9 Å². The first-order chi connectivity index (χ1) is 16.4. The fraction of sp³-hybridized carbons (Fsp3) is 0.192. The van der Waals surface area contributed by atoms with Crippen LogP contribution in [0.1, 0.15) is 34.6 Å². The van der Waals surface area contributed by atoms with Crippen molar-refractivity contribution in [1.29, 1.82) is 0 Å². The number of para-hydroxylation sites is 2. The highest BCUT2D eigenvalue weighted by Crippen LogP contribution is 2.18. The van der Waals surface area contributed by atoms with E-state index in [2.05, 4.69) is 16.0 Å². The molecule has 2 amide bonds. The molecule has 3 aromatic carbocycles. The van der Waals surface area contributed by atoms with Crippen LogP contribution in [-0.2, 0) is 0 Å². The Kier molecular flexibility index (Phi) is 8.99. The predicted molar refractivity (Wildman–Crippen MR) is 137 cm³/mol. The zero-order valence-electron chi connectivity index (χ0n) is 19.0. The van der Waals surface area contributed by atoms with Crippen molar-refractivity contribution in [3.63, 3.8) is 0 Å². The molecule has 0 unspecified atom stereocenters. The van der Waals surface area contributed by atoms with Gasteiger partial charge < -0.3 is 20.1 Å². The van der Waals surface area contributed by atoms with E-state index in [1.165, 1.54) is 0 Å². The van der Waals surface area contributed by atoms with Crippen molar-refractivity contribution in [1.82, 2.24) is 10.6 Å². The van der Waals surface area contributed by atoms with Crippen molar-refractivity contribution < 1.29 is 19.1 Å². The number of hydrogen-bond donors (Lipinski definition) is 3. The Morgan fingerprint density at radius 3 is 2.32 bits per heavy atom. The Labute approximate surface area is 204 Å². The van der Waals surface area contributed by atoms with Gasteiger partial charge >= 0.3 is 0 Å². The Morgan fingerprint density at radius 1 is 0.853 bits per heavy atom. The average molecular weight is 478 g/mol. The number of nitrogens with one attached hydrogen (secondary N) is 3. The number of carbonyl (C=O) groups excluding carboxylic acids is 2. The smallest absolute Gasteiger partial charge is 0.261 e. The molecular weight excluding hydrogens is 450 g/mol. The molecule has 0 aliphatic carbocycles. The van der Waals surface area contributed by atoms with Gasteiger partial charge in [0.15, 0.2) is 5.11 Å². The number of amides is 2. The second-order valence-electron chi connectivity index (χ2n) is 7.62. The maximum absolute atomic E-state index is 12.8. The standard InChI is InChI=1S/C26H27N3O4S/c1-18(2)27-24(30)19-9-8-10-20(17-19)28-26(34)29-25(31)22-13-6-7-14-23(22)33-16-15-32-21-11-4-3-5-12-21/h3-14,17-18H,15-16H2,1-2H3,(H,27,30)(H2,28,29,31,34). The molecule has 0 aliphatic heterocycles. The molecule has 0 bridgehead atoms. The van der Waals surface area contributed by atoms with Crippen molar-refractivity contribution in [3.05, 3.63) is 90.0 Å². The van der Waals surface area contributed by atoms with Crippen LogP contribution >= 0.6 is 12.2 Å². The molecule has 3 N–H and O–H groups in total. The summed E-state index contributed by atoms with van der Waals surface area (Å²) in [6, 6.07) is 23.2. The quantitative estimate of drug-likeness (QED) is 0.313. The van der Waals surface area contributed by atoms with Gasteiger partial charge in [0.25, 0.3) is 11.8 Å². The van der Waals surface area contributed by atoms with Crippen molar-refractivity contribution in [2.75, 3.05) is 18.5 Å². The van der Waals surface area contributed by atoms with Crippen molar-refractivity contribution >= 4 is 34.8 Å². The minimum Gasteiger partial charge on any atom is -0.490 e. The van der Waals surface area contributed by atoms with E-state index in [0.29, 0.717) is 29.2 Å². The van der Waals surface area contributed by atoms with Gasteiger partial charge in [-0.25, -0.2) is 0 Å². The van der Waals surface area contributed by atoms with Crippen molar-refractivity contribution in [2.24, 2.45) is 0 Å². The lowest BCUT2D eigenvalue weighted by molar-refractivity contribution is 0.0940. The highest BCUT2D eigenvalue weighted by molar-refractivity contribution is 7.80. The second-order valence-corrected chi connectivity index (χ2v) is 8.03. The van der Waals surface area contributed by atoms with Gasteiger partial charge in [0.2, 0.25) is 0 Å². The van der Waals surface area contributed by atoms with Crippen LogP contribution in [-0.4, -0.2) is 36.2 Å². The lowest BCUT2D eigenvalue weighted by Crippen LogP contribution is -2.34. The molecule has 0 radical (unpaired) electrons. The zero-order valence-corrected chi connectivity index (χ0v) is 19.9. The highest BCUT2D eigenvalue weighted by Gasteiger charge is 2.14. The van der Waals surface area contributed by atoms with E-state index in [-0.39, 0.29) is 23.7 Å². The second kappa shape index (κ2) is 12.4. The molecule has 0 aliphatic rings. The van der Waals surface area contributed by atoms with Crippen LogP contribution in [0.2, 0.25) is 0 Å². The molecule has 0 aromatic heterocycles. The molecule has 176 valence electrons. The number of ether oxygens (including phenoxy) is 2. The third-order valence-corrected chi connectivity index (χ3v) is 4.72. The molecule has 3 aromatic rings. The molecule has 0 fully saturated rings. The van der Waals surface area contributed by atoms with E-state index in [4.69, 9.17) is 21.7 Å². The Balaban J connectivity index is 1.55. The number of carbonyl (C=O) groups is 2. The topological polar surface area (TPSA) is 88.7 Å². The largest absolute Gasteiger partial charge is 0.490 e. The Hall–Kier alpha value is -3.91. The summed E-state index contributed by atoms with van der Waals surface area (Å²) in [6.07, 6.45) is 0. The first kappa shape index (κ1) is 24.7. The maximum atomic E-state index is 12.8. The molecule has 34 heavy (non-hydrogen) atoms. The van der Waals surface area contributed by atoms with Crippen LogP contribution in [0.25, 0.3) is 0 Å². The molecule has 8 heteroatoms. The van der Waals surface area contributed by atoms with Gasteiger partial charge in [-0.1, -0.05) is 36.4 Å². The Bertz CT molecular complexity index is 1140. The normalized spacial score (nSPS) is 10.3. The van der Waals surface area contributed by atoms with Gasteiger partial charge in [0, 0.05) is 17.3 Å². The van der Waals surface area contributed by atoms with Gasteiger partial charge in [-0.05, 0) is 68.5 Å². The minimum absolute atomic E-state index is 0.0247. The van der Waals surface area contributed by atoms with E-state index in [1.54, 1.807) is 48.5 Å². The van der Waals surface area contributed by atoms with Gasteiger partial charge in [-0.2, -0.15) is 0 Å². The van der Waals surface area contributed by atoms with E-state index < -0.39 is 5.91 Å². The Morgan fingerprint density at radius 2 is 1.56 bits per heavy atom. The first-order valence-electron chi connectivity index (χ1n) is 10.9. The SMILES string of the molecule is CC(C)NC(=O)c1cccc(NC(=S)NC(=O)c2ccccc2OCCOc2ccccc2)c1. The third kappa shape index (κ3) is 7.60. The fourth-order valence-corrected chi connectivity index (χ4v) is 3.24. The van der Waals surface area contributed by atoms with Crippen LogP contribution in [0.4, 0.5) is 5.69 Å². The molecule has 0 saturated heterocycles. The summed E-state index contributed by atoms with van der Waals surface area (Å²) in [5.41, 5.74) is 1.42. The summed E-state index contributed by atoms with van der Waals surface area (Å²) in [4.78, 5) is 25.0. The maximum Gasteiger partial charge on any atom is 0.261 e. The van der Waals surface area contributed by atoms with E-state index in [1.807, 2.05) is 44.2 Å². The molecule has 7 nitrogen and oxygen atoms in total. The van der Waals surface area contributed by atoms with Gasteiger partial charge in [-0.3, -0.25) is 14.9 Å². The summed E-state index contributed by atoms with van der Waals surface area (Å²) < 4.78 is 11.4. The molecule has 0 heterocycles. The van der Waals surface area contributed by atoms with Crippen LogP contribution < -0.4 is 25.4 Å². The van der Waals surface area contributed by atoms with Gasteiger partial charge in [-0.15, -0.1) is 0 Å². The summed E-state index contributed by atoms with van der Waals surface area (Å²) >= 11 is 5.29. The van der Waals surface area contributed by atoms with Gasteiger partial charge in [0.1, 0.15) is 24.7 Å². The zero-order chi connectivity index (χ0) is 24.3. The lowest BCUT2D eigenvalue weighted by atomic mass is 10.1. The summed E-state index contributed by atoms with van der Waals surface area (Å²) in [5.74, 6) is 0.577. The first-order valence-corrected chi connectivity index (χ1v) is 11.3. The number of hydrogen-bond acceptors (Lipinski definition) is 5. The summed E-state index contributed by atoms with van der Waals surface area (Å²) in [6.45, 7) is 4.39. The average Bonchev–Trinajstić information content (AvgIpc) is 2.82. The number of benzene rings is 3. The number of thiocarbonyl (C=S) groups is 1. The van der Waals surface area contributed by atoms with E-state index in [9.17, 15) is 9.59 Å². The fourth-order valence-electron chi connectivity index (χ4n) is 3.02. The molecule has 0 atom stereocenters. The molecule has 0 saturated carbocycles. The summed E-state index contributed by atoms with van der Waals surface area (Å²) in [5, 5.41) is 8.53. The van der Waals surface area contributed by atoms with Crippen LogP contribution in [0, 0.1) is 0 Å². The van der Waals surface area contributed by atoms with Crippen molar-refractivity contribution in [2.45, 2.75) is 19.9 Å². The van der Waals surface area contributed by atoms with Gasteiger partial charge in [0.05, 0.1) is 5.56 Å². The molecule has 0 spiro atoms. The van der Waals surface area contributed by atoms with E-state index >= 15 is 0 Å². The molecular formula is C26H27N3O4S. The highest BCUT2D eigenvalue weighted by atomic mass is 32.1. The van der Waals surface area contributed by atoms with E-state index in [0.717, 1.165) is 5.75 Å². The summed E-state index contributed by atoms with van der Waals surface area (Å²) in [7, 11) is 0. The minimum atomic E-state index is -0.411. The number of rotatable bonds is 9. The predicted octanol–water partition coefficient (Wildman–Crippen LogP) is 4.41. The lowest BCUT2D eigenvalue weighted by Gasteiger charge is -2.14. The third-order valence-electron chi connectivity index (χ3n) is 4.51. The molecule has 3 rings (SSSR count). The monoisotopic (exact) mass is 477 g/mol.